The molecule has 1 aliphatic carbocycles. The number of piperidine rings is 1. The molecule has 5 heteroatoms. The molecule has 3 fully saturated rings. The van der Waals surface area contributed by atoms with E-state index in [1.54, 1.807) is 0 Å². The zero-order valence-corrected chi connectivity index (χ0v) is 13.9. The van der Waals surface area contributed by atoms with Crippen LogP contribution in [0.3, 0.4) is 0 Å². The lowest BCUT2D eigenvalue weighted by molar-refractivity contribution is -0.130. The van der Waals surface area contributed by atoms with Crippen LogP contribution in [0.5, 0.6) is 0 Å². The average Bonchev–Trinajstić information content (AvgIpc) is 3.02. The highest BCUT2D eigenvalue weighted by atomic mass is 16.5. The van der Waals surface area contributed by atoms with Crippen LogP contribution in [0.2, 0.25) is 0 Å². The van der Waals surface area contributed by atoms with Crippen molar-refractivity contribution in [3.8, 4) is 0 Å². The second-order valence-electron chi connectivity index (χ2n) is 7.24. The lowest BCUT2D eigenvalue weighted by atomic mass is 10.0. The van der Waals surface area contributed by atoms with Gasteiger partial charge in [-0.15, -0.1) is 0 Å². The summed E-state index contributed by atoms with van der Waals surface area (Å²) in [5.41, 5.74) is 0. The first kappa shape index (κ1) is 16.2. The Morgan fingerprint density at radius 2 is 1.95 bits per heavy atom. The van der Waals surface area contributed by atoms with Crippen molar-refractivity contribution in [1.82, 2.24) is 15.5 Å². The van der Waals surface area contributed by atoms with Crippen molar-refractivity contribution >= 4 is 5.91 Å². The fourth-order valence-electron chi connectivity index (χ4n) is 4.14. The van der Waals surface area contributed by atoms with E-state index in [4.69, 9.17) is 4.74 Å². The van der Waals surface area contributed by atoms with Crippen molar-refractivity contribution in [3.63, 3.8) is 0 Å². The minimum Gasteiger partial charge on any atom is -0.375 e. The molecule has 0 radical (unpaired) electrons. The highest BCUT2D eigenvalue weighted by Crippen LogP contribution is 2.26. The number of carbonyl (C=O) groups excluding carboxylic acids is 1. The first-order chi connectivity index (χ1) is 10.7. The molecule has 0 aromatic heterocycles. The van der Waals surface area contributed by atoms with E-state index in [2.05, 4.69) is 15.5 Å². The van der Waals surface area contributed by atoms with Crippen LogP contribution in [0.15, 0.2) is 0 Å². The number of hydrogen-bond acceptors (Lipinski definition) is 4. The van der Waals surface area contributed by atoms with Crippen LogP contribution < -0.4 is 10.6 Å². The van der Waals surface area contributed by atoms with Gasteiger partial charge in [-0.2, -0.15) is 0 Å². The highest BCUT2D eigenvalue weighted by Gasteiger charge is 2.31. The predicted molar refractivity (Wildman–Crippen MR) is 86.8 cm³/mol. The van der Waals surface area contributed by atoms with E-state index in [0.717, 1.165) is 38.4 Å². The summed E-state index contributed by atoms with van der Waals surface area (Å²) in [6.45, 7) is 6.97. The van der Waals surface area contributed by atoms with Gasteiger partial charge in [0.2, 0.25) is 5.91 Å². The monoisotopic (exact) mass is 309 g/mol. The number of morpholine rings is 1. The molecule has 126 valence electrons. The molecule has 0 bridgehead atoms. The third-order valence-corrected chi connectivity index (χ3v) is 5.52. The Kier molecular flexibility index (Phi) is 5.71. The first-order valence-corrected chi connectivity index (χ1v) is 9.10. The van der Waals surface area contributed by atoms with Crippen LogP contribution in [0.1, 0.15) is 45.4 Å². The molecule has 0 unspecified atom stereocenters. The molecule has 3 aliphatic rings. The smallest absolute Gasteiger partial charge is 0.240 e. The standard InChI is InChI=1S/C17H31N3O2/c1-13-16(18-8-11-22-13)17(21)19-15-6-9-20(10-7-15)12-14-4-2-3-5-14/h13-16,18H,2-12H2,1H3,(H,19,21)/t13-,16+/m1/s1. The molecule has 5 nitrogen and oxygen atoms in total. The van der Waals surface area contributed by atoms with Gasteiger partial charge < -0.3 is 20.3 Å². The van der Waals surface area contributed by atoms with Gasteiger partial charge >= 0.3 is 0 Å². The van der Waals surface area contributed by atoms with E-state index in [1.165, 1.54) is 32.2 Å². The second-order valence-corrected chi connectivity index (χ2v) is 7.24. The van der Waals surface area contributed by atoms with Crippen LogP contribution in [-0.2, 0) is 9.53 Å². The minimum absolute atomic E-state index is 0.0313. The van der Waals surface area contributed by atoms with Crippen LogP contribution in [0, 0.1) is 5.92 Å². The SMILES string of the molecule is C[C@H]1OCCN[C@@H]1C(=O)NC1CCN(CC2CCCC2)CC1. The lowest BCUT2D eigenvalue weighted by Crippen LogP contribution is -2.58. The largest absolute Gasteiger partial charge is 0.375 e. The number of nitrogens with zero attached hydrogens (tertiary/aromatic N) is 1. The fourth-order valence-corrected chi connectivity index (χ4v) is 4.14. The summed E-state index contributed by atoms with van der Waals surface area (Å²) >= 11 is 0. The summed E-state index contributed by atoms with van der Waals surface area (Å²) < 4.78 is 5.56. The van der Waals surface area contributed by atoms with Crippen molar-refractivity contribution in [2.24, 2.45) is 5.92 Å². The van der Waals surface area contributed by atoms with Crippen molar-refractivity contribution in [3.05, 3.63) is 0 Å². The molecule has 2 N–H and O–H groups in total. The molecule has 3 rings (SSSR count). The molecular formula is C17H31N3O2. The Labute approximate surface area is 134 Å². The lowest BCUT2D eigenvalue weighted by Gasteiger charge is -2.35. The molecular weight excluding hydrogens is 278 g/mol. The predicted octanol–water partition coefficient (Wildman–Crippen LogP) is 1.13. The van der Waals surface area contributed by atoms with Gasteiger partial charge in [-0.3, -0.25) is 4.79 Å². The summed E-state index contributed by atoms with van der Waals surface area (Å²) in [6.07, 6.45) is 7.82. The number of hydrogen-bond donors (Lipinski definition) is 2. The van der Waals surface area contributed by atoms with Crippen LogP contribution in [0.25, 0.3) is 0 Å². The van der Waals surface area contributed by atoms with Gasteiger partial charge in [0, 0.05) is 32.2 Å². The van der Waals surface area contributed by atoms with Gasteiger partial charge in [0.15, 0.2) is 0 Å². The maximum atomic E-state index is 12.4. The third kappa shape index (κ3) is 4.21. The molecule has 22 heavy (non-hydrogen) atoms. The third-order valence-electron chi connectivity index (χ3n) is 5.52. The summed E-state index contributed by atoms with van der Waals surface area (Å²) in [4.78, 5) is 15.0. The molecule has 1 saturated carbocycles. The Bertz CT molecular complexity index is 363. The van der Waals surface area contributed by atoms with Crippen molar-refractivity contribution in [2.75, 3.05) is 32.8 Å². The Morgan fingerprint density at radius 3 is 2.64 bits per heavy atom. The topological polar surface area (TPSA) is 53.6 Å². The summed E-state index contributed by atoms with van der Waals surface area (Å²) in [7, 11) is 0. The van der Waals surface area contributed by atoms with Crippen LogP contribution in [0.4, 0.5) is 0 Å². The van der Waals surface area contributed by atoms with E-state index >= 15 is 0 Å². The second kappa shape index (κ2) is 7.75. The first-order valence-electron chi connectivity index (χ1n) is 9.10. The quantitative estimate of drug-likeness (QED) is 0.817. The zero-order chi connectivity index (χ0) is 15.4. The number of rotatable bonds is 4. The highest BCUT2D eigenvalue weighted by molar-refractivity contribution is 5.82. The van der Waals surface area contributed by atoms with Gasteiger partial charge in [-0.1, -0.05) is 12.8 Å². The molecule has 2 heterocycles. The summed E-state index contributed by atoms with van der Waals surface area (Å²) in [5.74, 6) is 1.04. The van der Waals surface area contributed by atoms with Gasteiger partial charge in [-0.25, -0.2) is 0 Å². The van der Waals surface area contributed by atoms with E-state index < -0.39 is 0 Å². The summed E-state index contributed by atoms with van der Waals surface area (Å²) in [5, 5.41) is 6.49. The molecule has 2 aliphatic heterocycles. The number of amides is 1. The maximum absolute atomic E-state index is 12.4. The molecule has 2 saturated heterocycles. The Balaban J connectivity index is 1.38. The van der Waals surface area contributed by atoms with Crippen LogP contribution >= 0.6 is 0 Å². The van der Waals surface area contributed by atoms with Gasteiger partial charge in [0.1, 0.15) is 6.04 Å². The number of likely N-dealkylation sites (tertiary alicyclic amines) is 1. The van der Waals surface area contributed by atoms with Gasteiger partial charge in [0.25, 0.3) is 0 Å². The fraction of sp³-hybridized carbons (Fsp3) is 0.941. The van der Waals surface area contributed by atoms with E-state index in [0.29, 0.717) is 12.6 Å². The molecule has 0 aromatic rings. The van der Waals surface area contributed by atoms with E-state index in [9.17, 15) is 4.79 Å². The number of nitrogens with one attached hydrogen (secondary N) is 2. The molecule has 0 aromatic carbocycles. The molecule has 2 atom stereocenters. The molecule has 0 spiro atoms. The summed E-state index contributed by atoms with van der Waals surface area (Å²) in [6, 6.07) is 0.147. The average molecular weight is 309 g/mol. The van der Waals surface area contributed by atoms with Gasteiger partial charge in [0.05, 0.1) is 12.7 Å². The maximum Gasteiger partial charge on any atom is 0.240 e. The Hall–Kier alpha value is -0.650. The number of ether oxygens (including phenoxy) is 1. The number of carbonyl (C=O) groups is 1. The normalized spacial score (nSPS) is 32.2. The minimum atomic E-state index is -0.190. The zero-order valence-electron chi connectivity index (χ0n) is 13.9. The van der Waals surface area contributed by atoms with Crippen molar-refractivity contribution in [1.29, 1.82) is 0 Å². The van der Waals surface area contributed by atoms with Gasteiger partial charge in [-0.05, 0) is 38.5 Å². The van der Waals surface area contributed by atoms with E-state index in [-0.39, 0.29) is 18.1 Å². The van der Waals surface area contributed by atoms with Crippen molar-refractivity contribution < 1.29 is 9.53 Å². The Morgan fingerprint density at radius 1 is 1.23 bits per heavy atom. The van der Waals surface area contributed by atoms with Crippen molar-refractivity contribution in [2.45, 2.75) is 63.6 Å². The van der Waals surface area contributed by atoms with Crippen LogP contribution in [-0.4, -0.2) is 61.8 Å². The van der Waals surface area contributed by atoms with E-state index in [1.807, 2.05) is 6.92 Å². The molecule has 1 amide bonds.